The van der Waals surface area contributed by atoms with E-state index in [0.29, 0.717) is 0 Å². The van der Waals surface area contributed by atoms with E-state index in [9.17, 15) is 0 Å². The fraction of sp³-hybridized carbons (Fsp3) is 0.409. The third-order valence-electron chi connectivity index (χ3n) is 6.11. The van der Waals surface area contributed by atoms with E-state index >= 15 is 0 Å². The molecule has 2 heterocycles. The van der Waals surface area contributed by atoms with E-state index in [0.717, 1.165) is 23.4 Å². The Morgan fingerprint density at radius 2 is 1.27 bits per heavy atom. The number of hydrogen-bond acceptors (Lipinski definition) is 2. The number of nitrogens with zero attached hydrogens (tertiary/aromatic N) is 3. The highest BCUT2D eigenvalue weighted by Crippen LogP contribution is 2.25. The first kappa shape index (κ1) is 18.3. The van der Waals surface area contributed by atoms with Gasteiger partial charge in [-0.15, -0.1) is 0 Å². The Kier molecular flexibility index (Phi) is 4.47. The number of rotatable bonds is 3. The molecule has 0 bridgehead atoms. The first-order valence-electron chi connectivity index (χ1n) is 9.18. The Bertz CT molecular complexity index is 926. The monoisotopic (exact) mass is 350 g/mol. The molecule has 4 heteroatoms. The van der Waals surface area contributed by atoms with E-state index in [4.69, 9.17) is 5.10 Å². The maximum atomic E-state index is 4.98. The summed E-state index contributed by atoms with van der Waals surface area (Å²) in [7, 11) is 0. The smallest absolute Gasteiger partial charge is 0.0906 e. The average Bonchev–Trinajstić information content (AvgIpc) is 3.11. The summed E-state index contributed by atoms with van der Waals surface area (Å²) in [6.07, 6.45) is 2.88. The highest BCUT2D eigenvalue weighted by Gasteiger charge is 2.21. The Balaban J connectivity index is 2.03. The van der Waals surface area contributed by atoms with Gasteiger partial charge >= 0.3 is 0 Å². The predicted molar refractivity (Wildman–Crippen MR) is 111 cm³/mol. The number of nitrogens with one attached hydrogen (secondary N) is 1. The summed E-state index contributed by atoms with van der Waals surface area (Å²) in [5.41, 5.74) is 16.9. The molecule has 1 N–H and O–H groups in total. The first-order chi connectivity index (χ1) is 12.1. The molecule has 0 unspecified atom stereocenters. The van der Waals surface area contributed by atoms with Gasteiger partial charge in [-0.3, -0.25) is 10.1 Å². The largest absolute Gasteiger partial charge is 0.292 e. The van der Waals surface area contributed by atoms with Gasteiger partial charge in [-0.2, -0.15) is 5.10 Å². The van der Waals surface area contributed by atoms with Crippen LogP contribution in [0.3, 0.4) is 0 Å². The van der Waals surface area contributed by atoms with Crippen molar-refractivity contribution in [3.05, 3.63) is 69.0 Å². The Labute approximate surface area is 156 Å². The summed E-state index contributed by atoms with van der Waals surface area (Å²) in [5.74, 6) is 0. The highest BCUT2D eigenvalue weighted by molar-refractivity contribution is 6.06. The molecule has 1 aliphatic carbocycles. The molecule has 2 aromatic heterocycles. The third-order valence-corrected chi connectivity index (χ3v) is 6.11. The summed E-state index contributed by atoms with van der Waals surface area (Å²) < 4.78 is 4.23. The van der Waals surface area contributed by atoms with E-state index in [1.165, 1.54) is 45.0 Å². The molecule has 0 aliphatic heterocycles. The normalized spacial score (nSPS) is 15.9. The molecular formula is C22H30N4. The van der Waals surface area contributed by atoms with Crippen LogP contribution >= 0.6 is 0 Å². The third kappa shape index (κ3) is 2.74. The number of hydrogen-bond donors (Lipinski definition) is 1. The molecule has 0 aromatic carbocycles. The second-order valence-electron chi connectivity index (χ2n) is 7.54. The van der Waals surface area contributed by atoms with Crippen molar-refractivity contribution in [3.8, 4) is 0 Å². The topological polar surface area (TPSA) is 34.2 Å². The minimum absolute atomic E-state index is 0.773. The van der Waals surface area contributed by atoms with Crippen molar-refractivity contribution in [2.24, 2.45) is 5.10 Å². The van der Waals surface area contributed by atoms with Crippen LogP contribution in [0.5, 0.6) is 0 Å². The molecule has 0 radical (unpaired) electrons. The molecule has 26 heavy (non-hydrogen) atoms. The standard InChI is InChI=1S/C22H30N4/c1-12-10-21(23-25-17(6)13(2)14(3)18(25)7)22(11-12)24-26-19(8)15(4)16(5)20(26)9/h10,23H,1,11H2,2-9H3. The Morgan fingerprint density at radius 3 is 1.77 bits per heavy atom. The minimum Gasteiger partial charge on any atom is -0.292 e. The SMILES string of the molecule is C=C1C=C(Nn2c(C)c(C)c(C)c2C)C(=Nn2c(C)c(C)c(C)c2C)C1. The predicted octanol–water partition coefficient (Wildman–Crippen LogP) is 5.05. The van der Waals surface area contributed by atoms with Crippen molar-refractivity contribution in [1.29, 1.82) is 0 Å². The van der Waals surface area contributed by atoms with Crippen LogP contribution in [-0.4, -0.2) is 15.1 Å². The van der Waals surface area contributed by atoms with Crippen molar-refractivity contribution in [2.75, 3.05) is 5.43 Å². The molecule has 0 fully saturated rings. The fourth-order valence-electron chi connectivity index (χ4n) is 3.64. The van der Waals surface area contributed by atoms with Crippen molar-refractivity contribution >= 4 is 5.71 Å². The van der Waals surface area contributed by atoms with E-state index in [1.54, 1.807) is 0 Å². The molecule has 2 aromatic rings. The van der Waals surface area contributed by atoms with Gasteiger partial charge in [0, 0.05) is 29.2 Å². The summed E-state index contributed by atoms with van der Waals surface area (Å²) in [6, 6.07) is 0. The second-order valence-corrected chi connectivity index (χ2v) is 7.54. The van der Waals surface area contributed by atoms with Crippen molar-refractivity contribution in [2.45, 2.75) is 61.8 Å². The Morgan fingerprint density at radius 1 is 0.808 bits per heavy atom. The van der Waals surface area contributed by atoms with Crippen LogP contribution in [0.4, 0.5) is 0 Å². The summed E-state index contributed by atoms with van der Waals surface area (Å²) in [4.78, 5) is 0. The average molecular weight is 351 g/mol. The zero-order chi connectivity index (χ0) is 19.3. The number of allylic oxidation sites excluding steroid dienone is 3. The van der Waals surface area contributed by atoms with Gasteiger partial charge in [0.15, 0.2) is 0 Å². The van der Waals surface area contributed by atoms with E-state index in [1.807, 2.05) is 0 Å². The van der Waals surface area contributed by atoms with Crippen molar-refractivity contribution in [1.82, 2.24) is 9.35 Å². The Hall–Kier alpha value is -2.49. The van der Waals surface area contributed by atoms with Gasteiger partial charge in [0.2, 0.25) is 0 Å². The van der Waals surface area contributed by atoms with Crippen LogP contribution in [-0.2, 0) is 0 Å². The maximum absolute atomic E-state index is 4.98. The highest BCUT2D eigenvalue weighted by atomic mass is 15.4. The maximum Gasteiger partial charge on any atom is 0.0906 e. The van der Waals surface area contributed by atoms with Crippen LogP contribution < -0.4 is 5.43 Å². The summed E-state index contributed by atoms with van der Waals surface area (Å²) in [5, 5.41) is 4.98. The van der Waals surface area contributed by atoms with Crippen LogP contribution in [0.2, 0.25) is 0 Å². The molecular weight excluding hydrogens is 320 g/mol. The van der Waals surface area contributed by atoms with E-state index in [-0.39, 0.29) is 0 Å². The van der Waals surface area contributed by atoms with Gasteiger partial charge in [0.05, 0.1) is 11.4 Å². The van der Waals surface area contributed by atoms with Crippen LogP contribution in [0.1, 0.15) is 51.5 Å². The lowest BCUT2D eigenvalue weighted by Crippen LogP contribution is -2.21. The van der Waals surface area contributed by atoms with Gasteiger partial charge in [0.1, 0.15) is 0 Å². The van der Waals surface area contributed by atoms with Gasteiger partial charge < -0.3 is 0 Å². The lowest BCUT2D eigenvalue weighted by Gasteiger charge is -2.15. The quantitative estimate of drug-likeness (QED) is 0.826. The van der Waals surface area contributed by atoms with E-state index < -0.39 is 0 Å². The molecule has 138 valence electrons. The molecule has 4 nitrogen and oxygen atoms in total. The zero-order valence-corrected chi connectivity index (χ0v) is 17.3. The van der Waals surface area contributed by atoms with Crippen molar-refractivity contribution < 1.29 is 0 Å². The molecule has 0 saturated heterocycles. The van der Waals surface area contributed by atoms with Gasteiger partial charge in [0.25, 0.3) is 0 Å². The number of aromatic nitrogens is 2. The van der Waals surface area contributed by atoms with E-state index in [2.05, 4.69) is 82.8 Å². The lowest BCUT2D eigenvalue weighted by molar-refractivity contribution is 0.801. The second kappa shape index (κ2) is 6.35. The van der Waals surface area contributed by atoms with Crippen molar-refractivity contribution in [3.63, 3.8) is 0 Å². The molecule has 0 spiro atoms. The molecule has 0 amide bonds. The van der Waals surface area contributed by atoms with Crippen LogP contribution in [0, 0.1) is 55.4 Å². The summed E-state index contributed by atoms with van der Waals surface area (Å²) in [6.45, 7) is 21.4. The minimum atomic E-state index is 0.773. The summed E-state index contributed by atoms with van der Waals surface area (Å²) >= 11 is 0. The molecule has 0 atom stereocenters. The molecule has 0 saturated carbocycles. The van der Waals surface area contributed by atoms with Crippen LogP contribution in [0.25, 0.3) is 0 Å². The molecule has 3 rings (SSSR count). The van der Waals surface area contributed by atoms with Gasteiger partial charge in [-0.1, -0.05) is 6.58 Å². The fourth-order valence-corrected chi connectivity index (χ4v) is 3.64. The lowest BCUT2D eigenvalue weighted by atomic mass is 10.2. The van der Waals surface area contributed by atoms with Gasteiger partial charge in [-0.25, -0.2) is 4.68 Å². The zero-order valence-electron chi connectivity index (χ0n) is 17.3. The molecule has 1 aliphatic rings. The first-order valence-corrected chi connectivity index (χ1v) is 9.18. The van der Waals surface area contributed by atoms with Gasteiger partial charge in [-0.05, 0) is 89.3 Å². The van der Waals surface area contributed by atoms with Crippen LogP contribution in [0.15, 0.2) is 29.0 Å².